The molecule has 0 radical (unpaired) electrons. The topological polar surface area (TPSA) is 66.8 Å². The van der Waals surface area contributed by atoms with Crippen LogP contribution in [-0.2, 0) is 16.1 Å². The number of aliphatic hydroxyl groups excluding tert-OH is 1. The van der Waals surface area contributed by atoms with E-state index >= 15 is 0 Å². The maximum absolute atomic E-state index is 13.8. The molecule has 1 aliphatic rings. The summed E-state index contributed by atoms with van der Waals surface area (Å²) in [4.78, 5) is 12.2. The van der Waals surface area contributed by atoms with E-state index in [1.54, 1.807) is 13.8 Å². The van der Waals surface area contributed by atoms with Gasteiger partial charge in [-0.1, -0.05) is 13.8 Å². The molecule has 0 heterocycles. The van der Waals surface area contributed by atoms with Gasteiger partial charge in [0.1, 0.15) is 6.61 Å². The molecule has 3 atom stereocenters. The molecule has 0 amide bonds. The lowest BCUT2D eigenvalue weighted by Gasteiger charge is -2.25. The van der Waals surface area contributed by atoms with Crippen LogP contribution >= 0.6 is 0 Å². The van der Waals surface area contributed by atoms with Crippen molar-refractivity contribution in [3.8, 4) is 0 Å². The molecule has 3 unspecified atom stereocenters. The van der Waals surface area contributed by atoms with Crippen molar-refractivity contribution in [2.75, 3.05) is 0 Å². The Morgan fingerprint density at radius 2 is 1.62 bits per heavy atom. The Kier molecular flexibility index (Phi) is 5.15. The maximum atomic E-state index is 13.8. The first kappa shape index (κ1) is 20.6. The molecule has 26 heavy (non-hydrogen) atoms. The largest absolute Gasteiger partial charge is 0.460 e. The number of hydrogen-bond acceptors (Lipinski definition) is 4. The van der Waals surface area contributed by atoms with Gasteiger partial charge in [0.15, 0.2) is 23.3 Å². The van der Waals surface area contributed by atoms with Gasteiger partial charge >= 0.3 is 5.97 Å². The smallest absolute Gasteiger partial charge is 0.310 e. The zero-order chi connectivity index (χ0) is 20.2. The van der Waals surface area contributed by atoms with E-state index in [1.165, 1.54) is 13.8 Å². The van der Waals surface area contributed by atoms with Crippen molar-refractivity contribution in [2.45, 2.75) is 52.9 Å². The summed E-state index contributed by atoms with van der Waals surface area (Å²) >= 11 is 0. The van der Waals surface area contributed by atoms with Crippen molar-refractivity contribution >= 4 is 5.97 Å². The van der Waals surface area contributed by atoms with Crippen LogP contribution in [-0.4, -0.2) is 27.9 Å². The lowest BCUT2D eigenvalue weighted by atomic mass is 9.93. The second kappa shape index (κ2) is 6.49. The minimum atomic E-state index is -1.61. The van der Waals surface area contributed by atoms with Crippen molar-refractivity contribution in [3.05, 3.63) is 34.4 Å². The van der Waals surface area contributed by atoms with Gasteiger partial charge in [0, 0.05) is 11.5 Å². The van der Waals surface area contributed by atoms with E-state index in [-0.39, 0.29) is 0 Å². The first-order valence-electron chi connectivity index (χ1n) is 8.11. The molecule has 146 valence electrons. The summed E-state index contributed by atoms with van der Waals surface area (Å²) in [5, 5.41) is 20.1. The second-order valence-electron chi connectivity index (χ2n) is 7.89. The highest BCUT2D eigenvalue weighted by atomic mass is 19.2. The van der Waals surface area contributed by atoms with Crippen LogP contribution in [0.15, 0.2) is 0 Å². The summed E-state index contributed by atoms with van der Waals surface area (Å²) in [7, 11) is 0. The molecule has 2 rings (SSSR count). The van der Waals surface area contributed by atoms with Gasteiger partial charge in [-0.2, -0.15) is 0 Å². The van der Waals surface area contributed by atoms with Crippen LogP contribution in [0.5, 0.6) is 0 Å². The molecule has 0 saturated heterocycles. The number of halogens is 4. The Morgan fingerprint density at radius 3 is 2.04 bits per heavy atom. The lowest BCUT2D eigenvalue weighted by molar-refractivity contribution is -0.148. The van der Waals surface area contributed by atoms with Crippen LogP contribution in [0.1, 0.15) is 38.8 Å². The number of rotatable bonds is 5. The summed E-state index contributed by atoms with van der Waals surface area (Å²) in [5.74, 6) is -8.64. The fourth-order valence-corrected chi connectivity index (χ4v) is 3.30. The van der Waals surface area contributed by atoms with Gasteiger partial charge in [-0.15, -0.1) is 0 Å². The third-order valence-electron chi connectivity index (χ3n) is 5.16. The molecule has 0 aromatic heterocycles. The number of carbonyl (C=O) groups is 1. The standard InChI is InChI=1S/C18H22F4O4/c1-7-11(19)13(21)8(14(22)12(7)20)6-26-16(24)10-9(17(10,2)3)15(23)18(4,5)25/h9-10,15,23,25H,6H2,1-5H3. The monoisotopic (exact) mass is 378 g/mol. The SMILES string of the molecule is Cc1c(F)c(F)c(COC(=O)C2C(C(O)C(C)(C)O)C2(C)C)c(F)c1F. The third-order valence-corrected chi connectivity index (χ3v) is 5.16. The van der Waals surface area contributed by atoms with Crippen molar-refractivity contribution < 1.29 is 37.3 Å². The van der Waals surface area contributed by atoms with Crippen molar-refractivity contribution in [1.82, 2.24) is 0 Å². The summed E-state index contributed by atoms with van der Waals surface area (Å²) < 4.78 is 59.7. The first-order valence-corrected chi connectivity index (χ1v) is 8.11. The maximum Gasteiger partial charge on any atom is 0.310 e. The fourth-order valence-electron chi connectivity index (χ4n) is 3.30. The Hall–Kier alpha value is -1.67. The minimum Gasteiger partial charge on any atom is -0.460 e. The molecule has 4 nitrogen and oxygen atoms in total. The van der Waals surface area contributed by atoms with Crippen molar-refractivity contribution in [2.24, 2.45) is 17.3 Å². The number of aliphatic hydroxyl groups is 2. The Morgan fingerprint density at radius 1 is 1.15 bits per heavy atom. The molecule has 1 aromatic carbocycles. The van der Waals surface area contributed by atoms with E-state index in [1.807, 2.05) is 0 Å². The molecule has 1 fully saturated rings. The lowest BCUT2D eigenvalue weighted by Crippen LogP contribution is -2.39. The number of carbonyl (C=O) groups excluding carboxylic acids is 1. The number of esters is 1. The quantitative estimate of drug-likeness (QED) is 0.470. The van der Waals surface area contributed by atoms with E-state index in [4.69, 9.17) is 4.74 Å². The Labute approximate surface area is 148 Å². The third kappa shape index (κ3) is 3.32. The van der Waals surface area contributed by atoms with Gasteiger partial charge in [0.05, 0.1) is 23.2 Å². The molecular weight excluding hydrogens is 356 g/mol. The molecule has 0 spiro atoms. The van der Waals surface area contributed by atoms with Crippen molar-refractivity contribution in [1.29, 1.82) is 0 Å². The highest BCUT2D eigenvalue weighted by Crippen LogP contribution is 2.61. The normalized spacial score (nSPS) is 22.9. The molecule has 8 heteroatoms. The number of ether oxygens (including phenoxy) is 1. The minimum absolute atomic E-state index is 0.629. The van der Waals surface area contributed by atoms with E-state index in [9.17, 15) is 32.6 Å². The zero-order valence-corrected chi connectivity index (χ0v) is 15.2. The van der Waals surface area contributed by atoms with Gasteiger partial charge in [-0.3, -0.25) is 4.79 Å². The summed E-state index contributed by atoms with van der Waals surface area (Å²) in [6.45, 7) is 6.02. The van der Waals surface area contributed by atoms with E-state index in [0.29, 0.717) is 0 Å². The van der Waals surface area contributed by atoms with Gasteiger partial charge in [-0.25, -0.2) is 17.6 Å². The summed E-state index contributed by atoms with van der Waals surface area (Å²) in [5.41, 5.74) is -3.99. The molecule has 1 aromatic rings. The predicted octanol–water partition coefficient (Wildman–Crippen LogP) is 3.00. The molecule has 1 aliphatic carbocycles. The summed E-state index contributed by atoms with van der Waals surface area (Å²) in [6, 6.07) is 0. The van der Waals surface area contributed by atoms with Crippen molar-refractivity contribution in [3.63, 3.8) is 0 Å². The van der Waals surface area contributed by atoms with Crippen LogP contribution < -0.4 is 0 Å². The molecule has 0 bridgehead atoms. The average molecular weight is 378 g/mol. The van der Waals surface area contributed by atoms with Crippen LogP contribution in [0.2, 0.25) is 0 Å². The van der Waals surface area contributed by atoms with Crippen LogP contribution in [0, 0.1) is 47.4 Å². The van der Waals surface area contributed by atoms with E-state index in [0.717, 1.165) is 6.92 Å². The number of hydrogen-bond donors (Lipinski definition) is 2. The highest BCUT2D eigenvalue weighted by Gasteiger charge is 2.67. The van der Waals surface area contributed by atoms with Crippen LogP contribution in [0.25, 0.3) is 0 Å². The summed E-state index contributed by atoms with van der Waals surface area (Å²) in [6.07, 6.45) is -1.22. The zero-order valence-electron chi connectivity index (χ0n) is 15.2. The predicted molar refractivity (Wildman–Crippen MR) is 83.9 cm³/mol. The molecule has 2 N–H and O–H groups in total. The highest BCUT2D eigenvalue weighted by molar-refractivity contribution is 5.78. The molecular formula is C18H22F4O4. The van der Waals surface area contributed by atoms with Gasteiger partial charge in [0.2, 0.25) is 0 Å². The van der Waals surface area contributed by atoms with E-state index < -0.39 is 75.9 Å². The van der Waals surface area contributed by atoms with Crippen LogP contribution in [0.4, 0.5) is 17.6 Å². The fraction of sp³-hybridized carbons (Fsp3) is 0.611. The second-order valence-corrected chi connectivity index (χ2v) is 7.89. The molecule has 1 saturated carbocycles. The van der Waals surface area contributed by atoms with Gasteiger partial charge in [-0.05, 0) is 26.2 Å². The Balaban J connectivity index is 2.16. The number of benzene rings is 1. The average Bonchev–Trinajstić information content (AvgIpc) is 3.11. The van der Waals surface area contributed by atoms with Gasteiger partial charge < -0.3 is 14.9 Å². The van der Waals surface area contributed by atoms with Gasteiger partial charge in [0.25, 0.3) is 0 Å². The van der Waals surface area contributed by atoms with Crippen LogP contribution in [0.3, 0.4) is 0 Å². The van der Waals surface area contributed by atoms with E-state index in [2.05, 4.69) is 0 Å². The first-order chi connectivity index (χ1) is 11.7. The molecule has 0 aliphatic heterocycles. The Bertz CT molecular complexity index is 711.